The summed E-state index contributed by atoms with van der Waals surface area (Å²) in [6, 6.07) is 5.73. The van der Waals surface area contributed by atoms with Crippen LogP contribution in [-0.4, -0.2) is 25.9 Å². The van der Waals surface area contributed by atoms with Crippen molar-refractivity contribution in [3.63, 3.8) is 0 Å². The maximum Gasteiger partial charge on any atom is 0.263 e. The average Bonchev–Trinajstić information content (AvgIpc) is 3.05. The van der Waals surface area contributed by atoms with Crippen molar-refractivity contribution in [2.45, 2.75) is 6.54 Å². The number of aromatic nitrogens is 3. The minimum Gasteiger partial charge on any atom is -0.458 e. The third kappa shape index (κ3) is 2.78. The van der Waals surface area contributed by atoms with Crippen molar-refractivity contribution in [3.05, 3.63) is 70.5 Å². The van der Waals surface area contributed by atoms with Crippen molar-refractivity contribution < 1.29 is 13.6 Å². The number of benzene rings is 1. The zero-order valence-electron chi connectivity index (χ0n) is 13.6. The Kier molecular flexibility index (Phi) is 4.04. The van der Waals surface area contributed by atoms with Crippen LogP contribution in [0.3, 0.4) is 0 Å². The lowest BCUT2D eigenvalue weighted by molar-refractivity contribution is 0.108. The predicted octanol–water partition coefficient (Wildman–Crippen LogP) is 3.23. The molecule has 1 aromatic carbocycles. The average molecular weight is 369 g/mol. The van der Waals surface area contributed by atoms with Gasteiger partial charge in [-0.1, -0.05) is 11.8 Å². The number of thioether (sulfide) groups is 1. The third-order valence-corrected chi connectivity index (χ3v) is 4.58. The molecule has 0 saturated carbocycles. The van der Waals surface area contributed by atoms with E-state index in [4.69, 9.17) is 4.42 Å². The van der Waals surface area contributed by atoms with E-state index < -0.39 is 5.82 Å². The summed E-state index contributed by atoms with van der Waals surface area (Å²) in [5, 5.41) is 0.585. The smallest absolute Gasteiger partial charge is 0.263 e. The first-order valence-corrected chi connectivity index (χ1v) is 8.89. The molecule has 6 nitrogen and oxygen atoms in total. The first-order valence-electron chi connectivity index (χ1n) is 7.66. The second-order valence-corrected chi connectivity index (χ2v) is 6.43. The Morgan fingerprint density at radius 3 is 3.00 bits per heavy atom. The van der Waals surface area contributed by atoms with Crippen LogP contribution in [0.25, 0.3) is 21.9 Å². The van der Waals surface area contributed by atoms with E-state index in [1.54, 1.807) is 24.6 Å². The van der Waals surface area contributed by atoms with Crippen molar-refractivity contribution in [1.82, 2.24) is 14.5 Å². The fraction of sp³-hybridized carbons (Fsp3) is 0.111. The van der Waals surface area contributed by atoms with Gasteiger partial charge in [0.15, 0.2) is 0 Å². The van der Waals surface area contributed by atoms with E-state index >= 15 is 0 Å². The van der Waals surface area contributed by atoms with Crippen molar-refractivity contribution in [1.29, 1.82) is 0 Å². The molecule has 0 amide bonds. The minimum absolute atomic E-state index is 0.111. The molecule has 130 valence electrons. The molecule has 0 aliphatic carbocycles. The summed E-state index contributed by atoms with van der Waals surface area (Å²) in [5.41, 5.74) is 0.784. The lowest BCUT2D eigenvalue weighted by atomic mass is 10.1. The van der Waals surface area contributed by atoms with Crippen LogP contribution >= 0.6 is 11.8 Å². The van der Waals surface area contributed by atoms with E-state index in [1.165, 1.54) is 23.2 Å². The van der Waals surface area contributed by atoms with Gasteiger partial charge < -0.3 is 4.42 Å². The van der Waals surface area contributed by atoms with Gasteiger partial charge in [0, 0.05) is 17.8 Å². The summed E-state index contributed by atoms with van der Waals surface area (Å²) in [6.45, 7) is 0.111. The molecule has 0 bridgehead atoms. The Morgan fingerprint density at radius 1 is 1.35 bits per heavy atom. The van der Waals surface area contributed by atoms with Crippen LogP contribution in [0, 0.1) is 5.82 Å². The Hall–Kier alpha value is -3.00. The number of hydrogen-bond acceptors (Lipinski definition) is 6. The Labute approximate surface area is 150 Å². The number of furan rings is 1. The highest BCUT2D eigenvalue weighted by Gasteiger charge is 2.16. The molecule has 0 N–H and O–H groups in total. The summed E-state index contributed by atoms with van der Waals surface area (Å²) in [5.74, 6) is -0.0919. The molecule has 0 unspecified atom stereocenters. The molecule has 0 saturated heterocycles. The number of carbonyl (C=O) groups is 1. The molecule has 0 radical (unpaired) electrons. The highest BCUT2D eigenvalue weighted by molar-refractivity contribution is 8.13. The van der Waals surface area contributed by atoms with E-state index in [0.717, 1.165) is 17.8 Å². The monoisotopic (exact) mass is 369 g/mol. The zero-order chi connectivity index (χ0) is 18.3. The van der Waals surface area contributed by atoms with Gasteiger partial charge in [-0.05, 0) is 30.5 Å². The van der Waals surface area contributed by atoms with Crippen LogP contribution in [0.5, 0.6) is 0 Å². The van der Waals surface area contributed by atoms with Crippen molar-refractivity contribution >= 4 is 38.7 Å². The molecule has 4 rings (SSSR count). The lowest BCUT2D eigenvalue weighted by Crippen LogP contribution is -2.21. The largest absolute Gasteiger partial charge is 0.458 e. The molecule has 3 aromatic heterocycles. The Bertz CT molecular complexity index is 1220. The fourth-order valence-electron chi connectivity index (χ4n) is 2.79. The predicted molar refractivity (Wildman–Crippen MR) is 96.9 cm³/mol. The van der Waals surface area contributed by atoms with Gasteiger partial charge in [0.05, 0.1) is 29.3 Å². The number of fused-ring (bicyclic) bond motifs is 2. The first kappa shape index (κ1) is 16.5. The topological polar surface area (TPSA) is 78.0 Å². The molecule has 3 heterocycles. The van der Waals surface area contributed by atoms with Gasteiger partial charge in [0.2, 0.25) is 5.12 Å². The number of carbonyl (C=O) groups excluding carboxylic acids is 1. The number of hydrogen-bond donors (Lipinski definition) is 0. The number of pyridine rings is 1. The number of rotatable bonds is 3. The SMILES string of the molecule is CSC(=O)c1cc(F)cc2cc(Cn3cnc4ccncc4c3=O)oc12. The van der Waals surface area contributed by atoms with Crippen LogP contribution in [-0.2, 0) is 6.54 Å². The molecule has 0 fully saturated rings. The van der Waals surface area contributed by atoms with Crippen LogP contribution in [0.4, 0.5) is 4.39 Å². The highest BCUT2D eigenvalue weighted by Crippen LogP contribution is 2.27. The molecule has 8 heteroatoms. The van der Waals surface area contributed by atoms with Gasteiger partial charge in [-0.15, -0.1) is 0 Å². The molecule has 0 aliphatic heterocycles. The highest BCUT2D eigenvalue weighted by atomic mass is 32.2. The van der Waals surface area contributed by atoms with Crippen LogP contribution in [0.2, 0.25) is 0 Å². The standard InChI is InChI=1S/C18H12FN3O3S/c1-26-18(24)13-6-11(19)4-10-5-12(25-16(10)13)8-22-9-21-15-2-3-20-7-14(15)17(22)23/h2-7,9H,8H2,1H3. The second-order valence-electron chi connectivity index (χ2n) is 5.65. The fourth-order valence-corrected chi connectivity index (χ4v) is 3.16. The van der Waals surface area contributed by atoms with Gasteiger partial charge in [-0.25, -0.2) is 9.37 Å². The Morgan fingerprint density at radius 2 is 2.19 bits per heavy atom. The lowest BCUT2D eigenvalue weighted by Gasteiger charge is -2.04. The zero-order valence-corrected chi connectivity index (χ0v) is 14.4. The molecule has 0 atom stereocenters. The third-order valence-electron chi connectivity index (χ3n) is 3.99. The molecule has 0 spiro atoms. The van der Waals surface area contributed by atoms with Gasteiger partial charge in [0.1, 0.15) is 17.2 Å². The number of halogens is 1. The van der Waals surface area contributed by atoms with Crippen LogP contribution < -0.4 is 5.56 Å². The van der Waals surface area contributed by atoms with Crippen molar-refractivity contribution in [2.75, 3.05) is 6.26 Å². The minimum atomic E-state index is -0.516. The van der Waals surface area contributed by atoms with E-state index in [9.17, 15) is 14.0 Å². The van der Waals surface area contributed by atoms with E-state index in [2.05, 4.69) is 9.97 Å². The van der Waals surface area contributed by atoms with Crippen molar-refractivity contribution in [2.24, 2.45) is 0 Å². The van der Waals surface area contributed by atoms with E-state index in [1.807, 2.05) is 0 Å². The molecule has 0 aliphatic rings. The summed E-state index contributed by atoms with van der Waals surface area (Å²) in [4.78, 5) is 32.7. The van der Waals surface area contributed by atoms with Gasteiger partial charge in [0.25, 0.3) is 5.56 Å². The van der Waals surface area contributed by atoms with Gasteiger partial charge in [-0.3, -0.25) is 19.1 Å². The van der Waals surface area contributed by atoms with Gasteiger partial charge in [-0.2, -0.15) is 0 Å². The van der Waals surface area contributed by atoms with Crippen LogP contribution in [0.15, 0.2) is 52.2 Å². The number of nitrogens with zero attached hydrogens (tertiary/aromatic N) is 3. The summed E-state index contributed by atoms with van der Waals surface area (Å²) in [6.07, 6.45) is 6.07. The summed E-state index contributed by atoms with van der Waals surface area (Å²) >= 11 is 0.981. The van der Waals surface area contributed by atoms with E-state index in [0.29, 0.717) is 27.6 Å². The van der Waals surface area contributed by atoms with E-state index in [-0.39, 0.29) is 22.8 Å². The maximum absolute atomic E-state index is 13.8. The van der Waals surface area contributed by atoms with Crippen LogP contribution in [0.1, 0.15) is 16.1 Å². The first-order chi connectivity index (χ1) is 12.6. The van der Waals surface area contributed by atoms with Crippen molar-refractivity contribution in [3.8, 4) is 0 Å². The quantitative estimate of drug-likeness (QED) is 0.552. The second kappa shape index (κ2) is 6.38. The Balaban J connectivity index is 1.80. The summed E-state index contributed by atoms with van der Waals surface area (Å²) in [7, 11) is 0. The van der Waals surface area contributed by atoms with Gasteiger partial charge >= 0.3 is 0 Å². The maximum atomic E-state index is 13.8. The molecular weight excluding hydrogens is 357 g/mol. The molecular formula is C18H12FN3O3S. The molecule has 4 aromatic rings. The summed E-state index contributed by atoms with van der Waals surface area (Å²) < 4.78 is 20.9. The molecule has 26 heavy (non-hydrogen) atoms. The normalized spacial score (nSPS) is 11.3.